The van der Waals surface area contributed by atoms with Crippen molar-refractivity contribution in [2.45, 2.75) is 0 Å². The third-order valence-electron chi connectivity index (χ3n) is 9.14. The molecular formula is C45H28N4O. The molecule has 0 radical (unpaired) electrons. The van der Waals surface area contributed by atoms with Crippen molar-refractivity contribution in [3.05, 3.63) is 170 Å². The number of hydrogen-bond donors (Lipinski definition) is 0. The number of benzene rings is 7. The Morgan fingerprint density at radius 1 is 0.460 bits per heavy atom. The first-order chi connectivity index (χ1) is 26.9. The van der Waals surface area contributed by atoms with Crippen LogP contribution in [0.15, 0.2) is 174 Å². The van der Waals surface area contributed by atoms with Gasteiger partial charge in [-0.05, 0) is 47.5 Å². The molecule has 234 valence electrons. The SMILES string of the molecule is [2H]c1c([2H])c([2H])c(-c2ccc3c4ccccc4n(-c4ccc5oc6c(-c7nc(-c8ccccc8)nc(-c8ccccc8)n7)cccc6c5c4)c3c2)c([2H])c1[2H]. The Bertz CT molecular complexity index is 3070. The molecule has 0 saturated carbocycles. The minimum absolute atomic E-state index is 0.165. The highest BCUT2D eigenvalue weighted by Gasteiger charge is 2.19. The van der Waals surface area contributed by atoms with E-state index >= 15 is 0 Å². The van der Waals surface area contributed by atoms with Crippen molar-refractivity contribution >= 4 is 43.7 Å². The summed E-state index contributed by atoms with van der Waals surface area (Å²) in [4.78, 5) is 14.8. The molecule has 50 heavy (non-hydrogen) atoms. The monoisotopic (exact) mass is 645 g/mol. The minimum atomic E-state index is -0.415. The van der Waals surface area contributed by atoms with Crippen LogP contribution < -0.4 is 0 Å². The molecule has 0 aliphatic heterocycles. The van der Waals surface area contributed by atoms with Crippen molar-refractivity contribution in [3.8, 4) is 51.0 Å². The molecule has 3 aromatic heterocycles. The lowest BCUT2D eigenvalue weighted by Crippen LogP contribution is -2.00. The predicted molar refractivity (Wildman–Crippen MR) is 203 cm³/mol. The summed E-state index contributed by atoms with van der Waals surface area (Å²) < 4.78 is 50.7. The van der Waals surface area contributed by atoms with E-state index < -0.39 is 6.04 Å². The van der Waals surface area contributed by atoms with Crippen LogP contribution in [-0.2, 0) is 0 Å². The Balaban J connectivity index is 1.17. The highest BCUT2D eigenvalue weighted by atomic mass is 16.3. The second kappa shape index (κ2) is 11.4. The largest absolute Gasteiger partial charge is 0.455 e. The van der Waals surface area contributed by atoms with Crippen molar-refractivity contribution in [1.29, 1.82) is 0 Å². The van der Waals surface area contributed by atoms with Gasteiger partial charge in [0.15, 0.2) is 17.5 Å². The lowest BCUT2D eigenvalue weighted by atomic mass is 10.0. The van der Waals surface area contributed by atoms with E-state index in [4.69, 9.17) is 26.2 Å². The van der Waals surface area contributed by atoms with Gasteiger partial charge < -0.3 is 8.98 Å². The summed E-state index contributed by atoms with van der Waals surface area (Å²) in [5.74, 6) is 1.63. The van der Waals surface area contributed by atoms with E-state index in [2.05, 4.69) is 22.8 Å². The first kappa shape index (κ1) is 23.5. The van der Waals surface area contributed by atoms with Gasteiger partial charge in [0, 0.05) is 38.4 Å². The van der Waals surface area contributed by atoms with E-state index in [0.717, 1.165) is 55.0 Å². The Kier molecular flexibility index (Phi) is 5.35. The molecule has 3 heterocycles. The van der Waals surface area contributed by atoms with E-state index in [-0.39, 0.29) is 29.7 Å². The van der Waals surface area contributed by atoms with E-state index in [1.807, 2.05) is 121 Å². The molecule has 0 fully saturated rings. The number of furan rings is 1. The second-order valence-corrected chi connectivity index (χ2v) is 12.1. The molecule has 0 bridgehead atoms. The van der Waals surface area contributed by atoms with Gasteiger partial charge >= 0.3 is 0 Å². The highest BCUT2D eigenvalue weighted by Crippen LogP contribution is 2.39. The van der Waals surface area contributed by atoms with Gasteiger partial charge in [0.25, 0.3) is 0 Å². The molecule has 0 aliphatic carbocycles. The van der Waals surface area contributed by atoms with Gasteiger partial charge in [-0.3, -0.25) is 0 Å². The number of nitrogens with zero attached hydrogens (tertiary/aromatic N) is 4. The van der Waals surface area contributed by atoms with Gasteiger partial charge in [0.2, 0.25) is 0 Å². The van der Waals surface area contributed by atoms with Crippen molar-refractivity contribution in [3.63, 3.8) is 0 Å². The fraction of sp³-hybridized carbons (Fsp3) is 0. The standard InChI is InChI=1S/C45H28N4O/c1-4-13-29(14-5-1)32-23-25-35-34-19-10-11-22-39(34)49(40(35)27-32)33-24-26-41-38(28-33)36-20-12-21-37(42(36)50-41)45-47-43(30-15-6-2-7-16-30)46-44(48-45)31-17-8-3-9-18-31/h1-28H/i1D,4D,5D,13D,14D. The minimum Gasteiger partial charge on any atom is -0.455 e. The van der Waals surface area contributed by atoms with E-state index in [1.54, 1.807) is 0 Å². The van der Waals surface area contributed by atoms with Crippen molar-refractivity contribution in [2.75, 3.05) is 0 Å². The molecule has 5 nitrogen and oxygen atoms in total. The predicted octanol–water partition coefficient (Wildman–Crippen LogP) is 11.5. The summed E-state index contributed by atoms with van der Waals surface area (Å²) in [5.41, 5.74) is 7.25. The van der Waals surface area contributed by atoms with Gasteiger partial charge in [-0.1, -0.05) is 133 Å². The maximum Gasteiger partial charge on any atom is 0.167 e. The van der Waals surface area contributed by atoms with Crippen molar-refractivity contribution in [1.82, 2.24) is 19.5 Å². The van der Waals surface area contributed by atoms with Gasteiger partial charge in [0.1, 0.15) is 11.2 Å². The molecule has 0 saturated heterocycles. The molecule has 10 rings (SSSR count). The lowest BCUT2D eigenvalue weighted by Gasteiger charge is -2.09. The molecule has 0 atom stereocenters. The van der Waals surface area contributed by atoms with Crippen LogP contribution in [0.4, 0.5) is 0 Å². The third-order valence-corrected chi connectivity index (χ3v) is 9.14. The van der Waals surface area contributed by atoms with Gasteiger partial charge in [-0.15, -0.1) is 0 Å². The highest BCUT2D eigenvalue weighted by molar-refractivity contribution is 6.12. The number of aromatic nitrogens is 4. The Morgan fingerprint density at radius 2 is 1.12 bits per heavy atom. The molecule has 0 N–H and O–H groups in total. The summed E-state index contributed by atoms with van der Waals surface area (Å²) in [5, 5.41) is 3.81. The number of para-hydroxylation sites is 2. The van der Waals surface area contributed by atoms with Crippen molar-refractivity contribution in [2.24, 2.45) is 0 Å². The van der Waals surface area contributed by atoms with Crippen LogP contribution in [0, 0.1) is 0 Å². The number of rotatable bonds is 5. The van der Waals surface area contributed by atoms with Crippen LogP contribution in [0.1, 0.15) is 6.85 Å². The lowest BCUT2D eigenvalue weighted by molar-refractivity contribution is 0.669. The first-order valence-electron chi connectivity index (χ1n) is 18.8. The molecule has 10 aromatic rings. The molecule has 7 aromatic carbocycles. The van der Waals surface area contributed by atoms with Crippen LogP contribution in [0.3, 0.4) is 0 Å². The third kappa shape index (κ3) is 4.60. The summed E-state index contributed by atoms with van der Waals surface area (Å²) >= 11 is 0. The Labute approximate surface area is 294 Å². The molecule has 0 unspecified atom stereocenters. The topological polar surface area (TPSA) is 56.7 Å². The van der Waals surface area contributed by atoms with E-state index in [9.17, 15) is 0 Å². The van der Waals surface area contributed by atoms with Gasteiger partial charge in [-0.25, -0.2) is 15.0 Å². The summed E-state index contributed by atoms with van der Waals surface area (Å²) in [6.45, 7) is 0. The first-order valence-corrected chi connectivity index (χ1v) is 16.3. The summed E-state index contributed by atoms with van der Waals surface area (Å²) in [7, 11) is 0. The summed E-state index contributed by atoms with van der Waals surface area (Å²) in [6, 6.07) is 44.0. The quantitative estimate of drug-likeness (QED) is 0.187. The fourth-order valence-electron chi connectivity index (χ4n) is 6.83. The average Bonchev–Trinajstić information content (AvgIpc) is 3.78. The zero-order valence-electron chi connectivity index (χ0n) is 31.5. The van der Waals surface area contributed by atoms with Gasteiger partial charge in [-0.2, -0.15) is 0 Å². The van der Waals surface area contributed by atoms with Crippen molar-refractivity contribution < 1.29 is 11.3 Å². The zero-order chi connectivity index (χ0) is 37.4. The van der Waals surface area contributed by atoms with Crippen LogP contribution in [0.2, 0.25) is 0 Å². The second-order valence-electron chi connectivity index (χ2n) is 12.1. The molecular weight excluding hydrogens is 613 g/mol. The molecule has 0 amide bonds. The number of fused-ring (bicyclic) bond motifs is 6. The molecule has 0 spiro atoms. The number of hydrogen-bond acceptors (Lipinski definition) is 4. The van der Waals surface area contributed by atoms with Crippen LogP contribution in [0.5, 0.6) is 0 Å². The van der Waals surface area contributed by atoms with Crippen LogP contribution in [-0.4, -0.2) is 19.5 Å². The maximum atomic E-state index is 8.64. The van der Waals surface area contributed by atoms with Crippen LogP contribution in [0.25, 0.3) is 94.7 Å². The zero-order valence-corrected chi connectivity index (χ0v) is 26.5. The molecule has 0 aliphatic rings. The van der Waals surface area contributed by atoms with E-state index in [1.165, 1.54) is 0 Å². The average molecular weight is 646 g/mol. The summed E-state index contributed by atoms with van der Waals surface area (Å²) in [6.07, 6.45) is 0. The Hall–Kier alpha value is -6.85. The maximum absolute atomic E-state index is 8.64. The van der Waals surface area contributed by atoms with Gasteiger partial charge in [0.05, 0.1) is 23.5 Å². The molecule has 5 heteroatoms. The smallest absolute Gasteiger partial charge is 0.167 e. The normalized spacial score (nSPS) is 13.0. The Morgan fingerprint density at radius 3 is 1.88 bits per heavy atom. The van der Waals surface area contributed by atoms with E-state index in [0.29, 0.717) is 34.2 Å². The fourth-order valence-corrected chi connectivity index (χ4v) is 6.83. The van der Waals surface area contributed by atoms with Crippen LogP contribution >= 0.6 is 0 Å².